The number of piperidine rings is 1. The number of carbonyl (C=O) groups excluding carboxylic acids is 1. The molecule has 37 heavy (non-hydrogen) atoms. The van der Waals surface area contributed by atoms with Crippen LogP contribution in [0.15, 0.2) is 59.6 Å². The minimum atomic E-state index is -3.61. The Morgan fingerprint density at radius 1 is 1.03 bits per heavy atom. The fourth-order valence-electron chi connectivity index (χ4n) is 4.85. The lowest BCUT2D eigenvalue weighted by atomic mass is 10.0. The first-order valence-electron chi connectivity index (χ1n) is 12.7. The smallest absolute Gasteiger partial charge is 0.223 e. The van der Waals surface area contributed by atoms with Gasteiger partial charge in [0, 0.05) is 61.2 Å². The van der Waals surface area contributed by atoms with Crippen molar-refractivity contribution in [1.29, 1.82) is 0 Å². The molecule has 1 aliphatic heterocycles. The standard InChI is InChI=1S/C28H35ClN4O3S/c1-21-18-26(8-12-30-21)32-13-9-25(10-14-32)33(16-15-31(2)3)28(34)11-17-37(35,36)27-7-5-22-19-24(29)6-4-23(22)20-27/h4-8,12,18-20,25H,9-11,13-17H2,1-3H3. The zero-order valence-corrected chi connectivity index (χ0v) is 23.3. The highest BCUT2D eigenvalue weighted by atomic mass is 35.5. The molecule has 1 saturated heterocycles. The van der Waals surface area contributed by atoms with Crippen molar-refractivity contribution in [1.82, 2.24) is 14.8 Å². The van der Waals surface area contributed by atoms with E-state index in [1.807, 2.05) is 49.1 Å². The second-order valence-electron chi connectivity index (χ2n) is 9.99. The zero-order valence-electron chi connectivity index (χ0n) is 21.7. The number of likely N-dealkylation sites (N-methyl/N-ethyl adjacent to an activating group) is 1. The molecule has 9 heteroatoms. The van der Waals surface area contributed by atoms with E-state index >= 15 is 0 Å². The summed E-state index contributed by atoms with van der Waals surface area (Å²) in [5, 5.41) is 2.29. The Morgan fingerprint density at radius 2 is 1.73 bits per heavy atom. The van der Waals surface area contributed by atoms with E-state index in [0.29, 0.717) is 11.6 Å². The number of fused-ring (bicyclic) bond motifs is 1. The number of aromatic nitrogens is 1. The van der Waals surface area contributed by atoms with E-state index in [2.05, 4.69) is 16.0 Å². The normalized spacial score (nSPS) is 14.9. The Labute approximate surface area is 224 Å². The molecule has 0 saturated carbocycles. The van der Waals surface area contributed by atoms with Crippen molar-refractivity contribution in [3.63, 3.8) is 0 Å². The van der Waals surface area contributed by atoms with E-state index < -0.39 is 9.84 Å². The molecule has 4 rings (SSSR count). The van der Waals surface area contributed by atoms with Crippen LogP contribution in [0, 0.1) is 6.92 Å². The average molecular weight is 543 g/mol. The SMILES string of the molecule is Cc1cc(N2CCC(N(CCN(C)C)C(=O)CCS(=O)(=O)c3ccc4cc(Cl)ccc4c3)CC2)ccn1. The molecule has 0 N–H and O–H groups in total. The van der Waals surface area contributed by atoms with Gasteiger partial charge in [0.15, 0.2) is 9.84 Å². The molecule has 0 atom stereocenters. The Balaban J connectivity index is 1.42. The van der Waals surface area contributed by atoms with Crippen LogP contribution in [0.5, 0.6) is 0 Å². The van der Waals surface area contributed by atoms with Gasteiger partial charge in [-0.25, -0.2) is 8.42 Å². The van der Waals surface area contributed by atoms with Gasteiger partial charge in [-0.15, -0.1) is 0 Å². The minimum absolute atomic E-state index is 0.0296. The summed E-state index contributed by atoms with van der Waals surface area (Å²) in [6.07, 6.45) is 3.49. The molecule has 1 fully saturated rings. The van der Waals surface area contributed by atoms with Crippen molar-refractivity contribution in [2.45, 2.75) is 37.1 Å². The van der Waals surface area contributed by atoms with E-state index in [1.165, 1.54) is 0 Å². The third-order valence-electron chi connectivity index (χ3n) is 6.98. The number of amides is 1. The summed E-state index contributed by atoms with van der Waals surface area (Å²) in [5.74, 6) is -0.311. The lowest BCUT2D eigenvalue weighted by molar-refractivity contribution is -0.133. The van der Waals surface area contributed by atoms with Gasteiger partial charge in [-0.1, -0.05) is 23.7 Å². The van der Waals surface area contributed by atoms with Crippen LogP contribution in [-0.2, 0) is 14.6 Å². The number of hydrogen-bond acceptors (Lipinski definition) is 6. The van der Waals surface area contributed by atoms with E-state index in [1.54, 1.807) is 30.3 Å². The molecule has 0 aliphatic carbocycles. The molecule has 0 radical (unpaired) electrons. The van der Waals surface area contributed by atoms with Gasteiger partial charge in [0.25, 0.3) is 0 Å². The van der Waals surface area contributed by atoms with Crippen LogP contribution in [-0.4, -0.2) is 81.2 Å². The lowest BCUT2D eigenvalue weighted by Crippen LogP contribution is -2.49. The molecule has 0 spiro atoms. The molecule has 1 amide bonds. The summed E-state index contributed by atoms with van der Waals surface area (Å²) in [6, 6.07) is 14.6. The maximum absolute atomic E-state index is 13.4. The summed E-state index contributed by atoms with van der Waals surface area (Å²) in [4.78, 5) is 24.2. The van der Waals surface area contributed by atoms with Gasteiger partial charge in [-0.2, -0.15) is 0 Å². The molecule has 2 aromatic carbocycles. The Kier molecular flexibility index (Phi) is 8.72. The number of halogens is 1. The molecule has 3 aromatic rings. The molecule has 0 bridgehead atoms. The van der Waals surface area contributed by atoms with Gasteiger partial charge >= 0.3 is 0 Å². The monoisotopic (exact) mass is 542 g/mol. The highest BCUT2D eigenvalue weighted by Gasteiger charge is 2.29. The van der Waals surface area contributed by atoms with Crippen LogP contribution in [0.1, 0.15) is 25.0 Å². The van der Waals surface area contributed by atoms with Gasteiger partial charge < -0.3 is 14.7 Å². The van der Waals surface area contributed by atoms with Gasteiger partial charge in [0.1, 0.15) is 0 Å². The first-order valence-corrected chi connectivity index (χ1v) is 14.7. The summed E-state index contributed by atoms with van der Waals surface area (Å²) >= 11 is 6.05. The average Bonchev–Trinajstić information content (AvgIpc) is 2.87. The van der Waals surface area contributed by atoms with Crippen molar-refractivity contribution in [2.75, 3.05) is 50.9 Å². The molecule has 1 aliphatic rings. The predicted octanol–water partition coefficient (Wildman–Crippen LogP) is 4.42. The van der Waals surface area contributed by atoms with Crippen molar-refractivity contribution in [3.05, 3.63) is 65.4 Å². The second-order valence-corrected chi connectivity index (χ2v) is 12.5. The van der Waals surface area contributed by atoms with Crippen LogP contribution in [0.25, 0.3) is 10.8 Å². The van der Waals surface area contributed by atoms with Gasteiger partial charge in [-0.3, -0.25) is 9.78 Å². The first kappa shape index (κ1) is 27.4. The number of carbonyl (C=O) groups is 1. The fraction of sp³-hybridized carbons (Fsp3) is 0.429. The third-order valence-corrected chi connectivity index (χ3v) is 8.93. The second kappa shape index (κ2) is 11.8. The number of anilines is 1. The highest BCUT2D eigenvalue weighted by Crippen LogP contribution is 2.25. The topological polar surface area (TPSA) is 73.8 Å². The van der Waals surface area contributed by atoms with Crippen LogP contribution in [0.3, 0.4) is 0 Å². The maximum atomic E-state index is 13.4. The number of pyridine rings is 1. The minimum Gasteiger partial charge on any atom is -0.371 e. The summed E-state index contributed by atoms with van der Waals surface area (Å²) in [6.45, 7) is 5.00. The van der Waals surface area contributed by atoms with Crippen LogP contribution >= 0.6 is 11.6 Å². The largest absolute Gasteiger partial charge is 0.371 e. The van der Waals surface area contributed by atoms with Crippen molar-refractivity contribution < 1.29 is 13.2 Å². The first-order chi connectivity index (χ1) is 17.6. The third kappa shape index (κ3) is 7.00. The Bertz CT molecular complexity index is 1350. The van der Waals surface area contributed by atoms with E-state index in [4.69, 9.17) is 11.6 Å². The van der Waals surface area contributed by atoms with Gasteiger partial charge in [0.2, 0.25) is 5.91 Å². The molecule has 7 nitrogen and oxygen atoms in total. The number of sulfone groups is 1. The molecule has 0 unspecified atom stereocenters. The molecule has 198 valence electrons. The van der Waals surface area contributed by atoms with E-state index in [0.717, 1.165) is 54.6 Å². The molecular formula is C28H35ClN4O3S. The van der Waals surface area contributed by atoms with E-state index in [9.17, 15) is 13.2 Å². The maximum Gasteiger partial charge on any atom is 0.223 e. The number of hydrogen-bond donors (Lipinski definition) is 0. The van der Waals surface area contributed by atoms with Gasteiger partial charge in [0.05, 0.1) is 10.6 Å². The van der Waals surface area contributed by atoms with Crippen molar-refractivity contribution in [2.24, 2.45) is 0 Å². The predicted molar refractivity (Wildman–Crippen MR) is 150 cm³/mol. The van der Waals surface area contributed by atoms with Crippen molar-refractivity contribution in [3.8, 4) is 0 Å². The quantitative estimate of drug-likeness (QED) is 0.398. The van der Waals surface area contributed by atoms with Crippen LogP contribution < -0.4 is 4.90 Å². The van der Waals surface area contributed by atoms with Crippen LogP contribution in [0.4, 0.5) is 5.69 Å². The molecular weight excluding hydrogens is 508 g/mol. The fourth-order valence-corrected chi connectivity index (χ4v) is 6.29. The van der Waals surface area contributed by atoms with Gasteiger partial charge in [-0.05, 0) is 81.0 Å². The van der Waals surface area contributed by atoms with E-state index in [-0.39, 0.29) is 29.0 Å². The lowest BCUT2D eigenvalue weighted by Gasteiger charge is -2.40. The Hall–Kier alpha value is -2.68. The van der Waals surface area contributed by atoms with Crippen LogP contribution in [0.2, 0.25) is 5.02 Å². The molecule has 1 aromatic heterocycles. The summed E-state index contributed by atoms with van der Waals surface area (Å²) < 4.78 is 26.2. The highest BCUT2D eigenvalue weighted by molar-refractivity contribution is 7.91. The zero-order chi connectivity index (χ0) is 26.6. The summed E-state index contributed by atoms with van der Waals surface area (Å²) in [5.41, 5.74) is 2.14. The number of rotatable bonds is 9. The molecule has 2 heterocycles. The summed E-state index contributed by atoms with van der Waals surface area (Å²) in [7, 11) is 0.355. The number of aryl methyl sites for hydroxylation is 1. The van der Waals surface area contributed by atoms with Crippen molar-refractivity contribution >= 4 is 43.8 Å². The number of nitrogens with zero attached hydrogens (tertiary/aromatic N) is 4. The Morgan fingerprint density at radius 3 is 2.43 bits per heavy atom. The number of benzene rings is 2.